The number of para-hydroxylation sites is 1. The zero-order chi connectivity index (χ0) is 13.2. The largest absolute Gasteiger partial charge is 0.395 e. The number of nitrogens with zero attached hydrogens (tertiary/aromatic N) is 2. The molecule has 1 heterocycles. The zero-order valence-electron chi connectivity index (χ0n) is 11.2. The number of aromatic nitrogens is 1. The molecule has 18 heavy (non-hydrogen) atoms. The van der Waals surface area contributed by atoms with Crippen LogP contribution in [-0.4, -0.2) is 28.8 Å². The van der Waals surface area contributed by atoms with E-state index in [2.05, 4.69) is 48.9 Å². The normalized spacial score (nSPS) is 11.8. The molecule has 0 aliphatic rings. The SMILES string of the molecule is CC(C)(C)N(CCO)c1cccc2cccnc12. The Hall–Kier alpha value is -1.61. The third-order valence-electron chi connectivity index (χ3n) is 3.04. The maximum absolute atomic E-state index is 9.27. The van der Waals surface area contributed by atoms with Gasteiger partial charge in [-0.2, -0.15) is 0 Å². The summed E-state index contributed by atoms with van der Waals surface area (Å²) in [5, 5.41) is 10.4. The van der Waals surface area contributed by atoms with Gasteiger partial charge in [-0.15, -0.1) is 0 Å². The molecule has 0 unspecified atom stereocenters. The molecular weight excluding hydrogens is 224 g/mol. The highest BCUT2D eigenvalue weighted by molar-refractivity contribution is 5.90. The lowest BCUT2D eigenvalue weighted by Gasteiger charge is -2.37. The Labute approximate surface area is 108 Å². The van der Waals surface area contributed by atoms with Crippen molar-refractivity contribution in [2.45, 2.75) is 26.3 Å². The minimum absolute atomic E-state index is 0.0471. The van der Waals surface area contributed by atoms with E-state index in [0.29, 0.717) is 6.54 Å². The number of rotatable bonds is 3. The topological polar surface area (TPSA) is 36.4 Å². The van der Waals surface area contributed by atoms with Gasteiger partial charge in [-0.05, 0) is 32.9 Å². The molecule has 0 atom stereocenters. The minimum Gasteiger partial charge on any atom is -0.395 e. The van der Waals surface area contributed by atoms with Crippen molar-refractivity contribution >= 4 is 16.6 Å². The molecule has 2 aromatic rings. The Morgan fingerprint density at radius 1 is 1.17 bits per heavy atom. The van der Waals surface area contributed by atoms with Crippen molar-refractivity contribution < 1.29 is 5.11 Å². The van der Waals surface area contributed by atoms with Crippen molar-refractivity contribution in [1.29, 1.82) is 0 Å². The average molecular weight is 244 g/mol. The van der Waals surface area contributed by atoms with Gasteiger partial charge in [0.1, 0.15) is 0 Å². The lowest BCUT2D eigenvalue weighted by atomic mass is 10.0. The summed E-state index contributed by atoms with van der Waals surface area (Å²) in [5.74, 6) is 0. The van der Waals surface area contributed by atoms with Gasteiger partial charge in [0.2, 0.25) is 0 Å². The van der Waals surface area contributed by atoms with E-state index < -0.39 is 0 Å². The zero-order valence-corrected chi connectivity index (χ0v) is 11.2. The van der Waals surface area contributed by atoms with Gasteiger partial charge >= 0.3 is 0 Å². The van der Waals surface area contributed by atoms with Crippen LogP contribution in [0, 0.1) is 0 Å². The number of aliphatic hydroxyl groups excluding tert-OH is 1. The predicted molar refractivity (Wildman–Crippen MR) is 75.9 cm³/mol. The van der Waals surface area contributed by atoms with E-state index in [4.69, 9.17) is 0 Å². The molecule has 0 amide bonds. The molecule has 0 spiro atoms. The van der Waals surface area contributed by atoms with Gasteiger partial charge in [0.15, 0.2) is 0 Å². The molecule has 2 rings (SSSR count). The summed E-state index contributed by atoms with van der Waals surface area (Å²) in [7, 11) is 0. The quantitative estimate of drug-likeness (QED) is 0.902. The number of benzene rings is 1. The molecule has 0 aliphatic heterocycles. The smallest absolute Gasteiger partial charge is 0.0935 e. The summed E-state index contributed by atoms with van der Waals surface area (Å²) in [6.45, 7) is 7.18. The van der Waals surface area contributed by atoms with Crippen LogP contribution >= 0.6 is 0 Å². The van der Waals surface area contributed by atoms with Gasteiger partial charge in [0.25, 0.3) is 0 Å². The molecule has 0 radical (unpaired) electrons. The number of aliphatic hydroxyl groups is 1. The van der Waals surface area contributed by atoms with Crippen LogP contribution in [0.5, 0.6) is 0 Å². The van der Waals surface area contributed by atoms with Crippen LogP contribution in [-0.2, 0) is 0 Å². The second kappa shape index (κ2) is 4.94. The molecule has 0 saturated heterocycles. The lowest BCUT2D eigenvalue weighted by molar-refractivity contribution is 0.291. The van der Waals surface area contributed by atoms with Crippen molar-refractivity contribution in [2.75, 3.05) is 18.1 Å². The first kappa shape index (κ1) is 12.8. The van der Waals surface area contributed by atoms with Gasteiger partial charge in [-0.25, -0.2) is 0 Å². The Morgan fingerprint density at radius 2 is 1.89 bits per heavy atom. The number of anilines is 1. The molecule has 3 heteroatoms. The van der Waals surface area contributed by atoms with Crippen LogP contribution in [0.4, 0.5) is 5.69 Å². The Morgan fingerprint density at radius 3 is 2.56 bits per heavy atom. The van der Waals surface area contributed by atoms with E-state index in [1.807, 2.05) is 18.3 Å². The number of hydrogen-bond donors (Lipinski definition) is 1. The first-order valence-corrected chi connectivity index (χ1v) is 6.26. The Kier molecular flexibility index (Phi) is 3.53. The fourth-order valence-electron chi connectivity index (χ4n) is 2.22. The number of pyridine rings is 1. The van der Waals surface area contributed by atoms with Crippen LogP contribution in [0.1, 0.15) is 20.8 Å². The summed E-state index contributed by atoms with van der Waals surface area (Å²) in [4.78, 5) is 6.67. The monoisotopic (exact) mass is 244 g/mol. The summed E-state index contributed by atoms with van der Waals surface area (Å²) in [6.07, 6.45) is 1.81. The summed E-state index contributed by atoms with van der Waals surface area (Å²) < 4.78 is 0. The van der Waals surface area contributed by atoms with E-state index in [0.717, 1.165) is 16.6 Å². The summed E-state index contributed by atoms with van der Waals surface area (Å²) in [6, 6.07) is 10.2. The summed E-state index contributed by atoms with van der Waals surface area (Å²) in [5.41, 5.74) is 2.02. The predicted octanol–water partition coefficient (Wildman–Crippen LogP) is 2.83. The molecule has 0 aliphatic carbocycles. The molecular formula is C15H20N2O. The molecule has 0 fully saturated rings. The van der Waals surface area contributed by atoms with Crippen LogP contribution < -0.4 is 4.90 Å². The van der Waals surface area contributed by atoms with Crippen LogP contribution in [0.15, 0.2) is 36.5 Å². The van der Waals surface area contributed by atoms with Crippen molar-refractivity contribution in [3.05, 3.63) is 36.5 Å². The first-order chi connectivity index (χ1) is 8.54. The van der Waals surface area contributed by atoms with Gasteiger partial charge in [-0.3, -0.25) is 4.98 Å². The van der Waals surface area contributed by atoms with Crippen LogP contribution in [0.25, 0.3) is 10.9 Å². The molecule has 1 aromatic heterocycles. The van der Waals surface area contributed by atoms with E-state index in [1.165, 1.54) is 0 Å². The van der Waals surface area contributed by atoms with E-state index in [9.17, 15) is 5.11 Å². The Bertz CT molecular complexity index is 526. The van der Waals surface area contributed by atoms with Crippen molar-refractivity contribution in [2.24, 2.45) is 0 Å². The van der Waals surface area contributed by atoms with E-state index in [-0.39, 0.29) is 12.1 Å². The second-order valence-electron chi connectivity index (χ2n) is 5.40. The first-order valence-electron chi connectivity index (χ1n) is 6.26. The lowest BCUT2D eigenvalue weighted by Crippen LogP contribution is -2.43. The summed E-state index contributed by atoms with van der Waals surface area (Å²) >= 11 is 0. The third-order valence-corrected chi connectivity index (χ3v) is 3.04. The molecule has 1 aromatic carbocycles. The van der Waals surface area contributed by atoms with Gasteiger partial charge in [0, 0.05) is 23.7 Å². The van der Waals surface area contributed by atoms with Crippen molar-refractivity contribution in [3.8, 4) is 0 Å². The molecule has 96 valence electrons. The second-order valence-corrected chi connectivity index (χ2v) is 5.40. The minimum atomic E-state index is -0.0471. The Balaban J connectivity index is 2.57. The molecule has 0 saturated carbocycles. The highest BCUT2D eigenvalue weighted by Crippen LogP contribution is 2.29. The number of β-amino-alcohol motifs (C(OH)–C–C–N with tert-alkyl or cyclic N) is 1. The third kappa shape index (κ3) is 2.46. The highest BCUT2D eigenvalue weighted by Gasteiger charge is 2.22. The van der Waals surface area contributed by atoms with E-state index in [1.54, 1.807) is 0 Å². The maximum atomic E-state index is 9.27. The number of fused-ring (bicyclic) bond motifs is 1. The van der Waals surface area contributed by atoms with Crippen molar-refractivity contribution in [3.63, 3.8) is 0 Å². The average Bonchev–Trinajstić information content (AvgIpc) is 2.34. The molecule has 3 nitrogen and oxygen atoms in total. The fourth-order valence-corrected chi connectivity index (χ4v) is 2.22. The van der Waals surface area contributed by atoms with Gasteiger partial charge in [-0.1, -0.05) is 18.2 Å². The standard InChI is InChI=1S/C15H20N2O/c1-15(2,3)17(10-11-18)13-8-4-6-12-7-5-9-16-14(12)13/h4-9,18H,10-11H2,1-3H3. The highest BCUT2D eigenvalue weighted by atomic mass is 16.3. The van der Waals surface area contributed by atoms with Gasteiger partial charge < -0.3 is 10.0 Å². The van der Waals surface area contributed by atoms with Gasteiger partial charge in [0.05, 0.1) is 17.8 Å². The van der Waals surface area contributed by atoms with Crippen LogP contribution in [0.2, 0.25) is 0 Å². The fraction of sp³-hybridized carbons (Fsp3) is 0.400. The molecule has 0 bridgehead atoms. The molecule has 1 N–H and O–H groups in total. The number of hydrogen-bond acceptors (Lipinski definition) is 3. The maximum Gasteiger partial charge on any atom is 0.0935 e. The van der Waals surface area contributed by atoms with E-state index >= 15 is 0 Å². The van der Waals surface area contributed by atoms with Crippen LogP contribution in [0.3, 0.4) is 0 Å². The van der Waals surface area contributed by atoms with Crippen molar-refractivity contribution in [1.82, 2.24) is 4.98 Å².